The topological polar surface area (TPSA) is 71.2 Å². The fourth-order valence-corrected chi connectivity index (χ4v) is 2.46. The van der Waals surface area contributed by atoms with Crippen molar-refractivity contribution < 1.29 is 9.53 Å². The summed E-state index contributed by atoms with van der Waals surface area (Å²) in [5.74, 6) is 0.612. The van der Waals surface area contributed by atoms with E-state index in [2.05, 4.69) is 10.3 Å². The van der Waals surface area contributed by atoms with Gasteiger partial charge in [0.1, 0.15) is 11.4 Å². The molecular weight excluding hydrogens is 304 g/mol. The standard InChI is InChI=1S/C19H18N2O3/c22-17-10-11-20-13-16(17)21-19(23)9-4-12-24-18-8-3-6-14-5-1-2-7-15(14)18/h1-3,5-8,10-11,13H,4,9,12H2,(H,20,22)(H,21,23). The number of aromatic amines is 1. The third-order valence-corrected chi connectivity index (χ3v) is 3.65. The van der Waals surface area contributed by atoms with Gasteiger partial charge in [0.25, 0.3) is 0 Å². The predicted octanol–water partition coefficient (Wildman–Crippen LogP) is 3.33. The van der Waals surface area contributed by atoms with Crippen LogP contribution in [-0.2, 0) is 4.79 Å². The molecule has 0 bridgehead atoms. The van der Waals surface area contributed by atoms with Crippen LogP contribution in [0.15, 0.2) is 65.7 Å². The summed E-state index contributed by atoms with van der Waals surface area (Å²) in [5, 5.41) is 4.78. The van der Waals surface area contributed by atoms with Gasteiger partial charge in [-0.1, -0.05) is 36.4 Å². The van der Waals surface area contributed by atoms with Gasteiger partial charge in [0.15, 0.2) is 0 Å². The van der Waals surface area contributed by atoms with Crippen LogP contribution in [0.5, 0.6) is 5.75 Å². The lowest BCUT2D eigenvalue weighted by Crippen LogP contribution is -2.18. The Hall–Kier alpha value is -3.08. The summed E-state index contributed by atoms with van der Waals surface area (Å²) in [4.78, 5) is 26.2. The zero-order valence-electron chi connectivity index (χ0n) is 13.1. The summed E-state index contributed by atoms with van der Waals surface area (Å²) < 4.78 is 5.80. The minimum absolute atomic E-state index is 0.201. The molecule has 1 amide bonds. The Morgan fingerprint density at radius 1 is 1.08 bits per heavy atom. The Morgan fingerprint density at radius 2 is 1.92 bits per heavy atom. The van der Waals surface area contributed by atoms with Gasteiger partial charge in [-0.05, 0) is 17.9 Å². The summed E-state index contributed by atoms with van der Waals surface area (Å²) in [5.41, 5.74) is 0.0478. The van der Waals surface area contributed by atoms with E-state index in [9.17, 15) is 9.59 Å². The van der Waals surface area contributed by atoms with Crippen molar-refractivity contribution in [1.29, 1.82) is 0 Å². The third-order valence-electron chi connectivity index (χ3n) is 3.65. The van der Waals surface area contributed by atoms with Gasteiger partial charge in [-0.15, -0.1) is 0 Å². The summed E-state index contributed by atoms with van der Waals surface area (Å²) in [6.07, 6.45) is 3.86. The molecule has 1 heterocycles. The largest absolute Gasteiger partial charge is 0.493 e. The van der Waals surface area contributed by atoms with Crippen molar-refractivity contribution in [2.75, 3.05) is 11.9 Å². The molecule has 122 valence electrons. The number of amides is 1. The first-order chi connectivity index (χ1) is 11.7. The molecule has 0 aliphatic rings. The molecule has 2 N–H and O–H groups in total. The Bertz CT molecular complexity index is 897. The van der Waals surface area contributed by atoms with Crippen LogP contribution in [-0.4, -0.2) is 17.5 Å². The highest BCUT2D eigenvalue weighted by Gasteiger charge is 2.06. The Morgan fingerprint density at radius 3 is 2.79 bits per heavy atom. The molecule has 3 aromatic rings. The third kappa shape index (κ3) is 3.81. The average molecular weight is 322 g/mol. The Kier molecular flexibility index (Phi) is 4.91. The molecule has 0 unspecified atom stereocenters. The summed E-state index contributed by atoms with van der Waals surface area (Å²) in [7, 11) is 0. The molecule has 0 saturated carbocycles. The van der Waals surface area contributed by atoms with Crippen LogP contribution in [0.2, 0.25) is 0 Å². The number of rotatable bonds is 6. The van der Waals surface area contributed by atoms with Crippen molar-refractivity contribution in [3.63, 3.8) is 0 Å². The van der Waals surface area contributed by atoms with Crippen LogP contribution in [0.4, 0.5) is 5.69 Å². The van der Waals surface area contributed by atoms with Crippen LogP contribution >= 0.6 is 0 Å². The number of carbonyl (C=O) groups excluding carboxylic acids is 1. The molecule has 24 heavy (non-hydrogen) atoms. The molecular formula is C19H18N2O3. The van der Waals surface area contributed by atoms with Crippen molar-refractivity contribution in [3.8, 4) is 5.75 Å². The highest BCUT2D eigenvalue weighted by molar-refractivity contribution is 5.90. The number of H-pyrrole nitrogens is 1. The lowest BCUT2D eigenvalue weighted by molar-refractivity contribution is -0.116. The minimum atomic E-state index is -0.214. The van der Waals surface area contributed by atoms with Gasteiger partial charge >= 0.3 is 0 Å². The van der Waals surface area contributed by atoms with E-state index in [4.69, 9.17) is 4.74 Å². The first kappa shape index (κ1) is 15.8. The second-order valence-electron chi connectivity index (χ2n) is 5.40. The van der Waals surface area contributed by atoms with Crippen LogP contribution in [0.1, 0.15) is 12.8 Å². The van der Waals surface area contributed by atoms with E-state index < -0.39 is 0 Å². The van der Waals surface area contributed by atoms with E-state index in [1.165, 1.54) is 18.5 Å². The second-order valence-corrected chi connectivity index (χ2v) is 5.40. The molecule has 0 radical (unpaired) electrons. The van der Waals surface area contributed by atoms with E-state index in [0.717, 1.165) is 16.5 Å². The van der Waals surface area contributed by atoms with Crippen LogP contribution in [0.3, 0.4) is 0 Å². The van der Waals surface area contributed by atoms with E-state index in [1.807, 2.05) is 42.5 Å². The number of nitrogens with one attached hydrogen (secondary N) is 2. The molecule has 1 aromatic heterocycles. The molecule has 5 heteroatoms. The highest BCUT2D eigenvalue weighted by atomic mass is 16.5. The van der Waals surface area contributed by atoms with Crippen LogP contribution in [0, 0.1) is 0 Å². The van der Waals surface area contributed by atoms with Gasteiger partial charge in [0, 0.05) is 30.3 Å². The van der Waals surface area contributed by atoms with Crippen LogP contribution in [0.25, 0.3) is 10.8 Å². The van der Waals surface area contributed by atoms with E-state index in [-0.39, 0.29) is 17.0 Å². The smallest absolute Gasteiger partial charge is 0.224 e. The maximum atomic E-state index is 11.9. The number of fused-ring (bicyclic) bond motifs is 1. The number of hydrogen-bond acceptors (Lipinski definition) is 3. The lowest BCUT2D eigenvalue weighted by Gasteiger charge is -2.09. The zero-order chi connectivity index (χ0) is 16.8. The molecule has 2 aromatic carbocycles. The monoisotopic (exact) mass is 322 g/mol. The first-order valence-electron chi connectivity index (χ1n) is 7.81. The maximum Gasteiger partial charge on any atom is 0.224 e. The first-order valence-corrected chi connectivity index (χ1v) is 7.81. The van der Waals surface area contributed by atoms with Gasteiger partial charge < -0.3 is 15.0 Å². The molecule has 5 nitrogen and oxygen atoms in total. The minimum Gasteiger partial charge on any atom is -0.493 e. The quantitative estimate of drug-likeness (QED) is 0.684. The summed E-state index contributed by atoms with van der Waals surface area (Å²) >= 11 is 0. The number of benzene rings is 2. The fraction of sp³-hybridized carbons (Fsp3) is 0.158. The summed E-state index contributed by atoms with van der Waals surface area (Å²) in [6, 6.07) is 15.3. The number of pyridine rings is 1. The molecule has 0 spiro atoms. The highest BCUT2D eigenvalue weighted by Crippen LogP contribution is 2.25. The van der Waals surface area contributed by atoms with Gasteiger partial charge in [-0.25, -0.2) is 0 Å². The molecule has 0 fully saturated rings. The van der Waals surface area contributed by atoms with Gasteiger partial charge in [0.05, 0.1) is 6.61 Å². The number of ether oxygens (including phenoxy) is 1. The van der Waals surface area contributed by atoms with E-state index >= 15 is 0 Å². The Labute approximate surface area is 139 Å². The van der Waals surface area contributed by atoms with Gasteiger partial charge in [0.2, 0.25) is 11.3 Å². The van der Waals surface area contributed by atoms with E-state index in [0.29, 0.717) is 19.4 Å². The SMILES string of the molecule is O=C(CCCOc1cccc2ccccc12)Nc1c[nH]ccc1=O. The molecule has 0 aliphatic heterocycles. The Balaban J connectivity index is 1.51. The summed E-state index contributed by atoms with van der Waals surface area (Å²) in [6.45, 7) is 0.437. The van der Waals surface area contributed by atoms with Crippen molar-refractivity contribution in [2.45, 2.75) is 12.8 Å². The van der Waals surface area contributed by atoms with Gasteiger partial charge in [-0.2, -0.15) is 0 Å². The van der Waals surface area contributed by atoms with Gasteiger partial charge in [-0.3, -0.25) is 9.59 Å². The number of anilines is 1. The number of carbonyl (C=O) groups is 1. The van der Waals surface area contributed by atoms with Crippen molar-refractivity contribution in [3.05, 3.63) is 71.1 Å². The predicted molar refractivity (Wildman–Crippen MR) is 94.4 cm³/mol. The normalized spacial score (nSPS) is 10.5. The fourth-order valence-electron chi connectivity index (χ4n) is 2.46. The van der Waals surface area contributed by atoms with Crippen molar-refractivity contribution >= 4 is 22.4 Å². The average Bonchev–Trinajstić information content (AvgIpc) is 2.61. The molecule has 0 saturated heterocycles. The molecule has 3 rings (SSSR count). The van der Waals surface area contributed by atoms with Crippen LogP contribution < -0.4 is 15.5 Å². The second kappa shape index (κ2) is 7.46. The van der Waals surface area contributed by atoms with Crippen molar-refractivity contribution in [2.24, 2.45) is 0 Å². The van der Waals surface area contributed by atoms with E-state index in [1.54, 1.807) is 0 Å². The zero-order valence-corrected chi connectivity index (χ0v) is 13.1. The molecule has 0 aliphatic carbocycles. The number of aromatic nitrogens is 1. The molecule has 0 atom stereocenters. The maximum absolute atomic E-state index is 11.9. The van der Waals surface area contributed by atoms with Crippen molar-refractivity contribution in [1.82, 2.24) is 4.98 Å². The number of hydrogen-bond donors (Lipinski definition) is 2. The lowest BCUT2D eigenvalue weighted by atomic mass is 10.1.